The lowest BCUT2D eigenvalue weighted by Gasteiger charge is -1.98. The minimum atomic E-state index is -0.376. The lowest BCUT2D eigenvalue weighted by Crippen LogP contribution is -1.88. The van der Waals surface area contributed by atoms with Crippen LogP contribution >= 0.6 is 0 Å². The molecule has 0 unspecified atom stereocenters. The third-order valence-corrected chi connectivity index (χ3v) is 3.47. The Balaban J connectivity index is 1.84. The first-order chi connectivity index (χ1) is 11.2. The molecule has 3 aromatic rings. The van der Waals surface area contributed by atoms with Gasteiger partial charge in [0.15, 0.2) is 0 Å². The lowest BCUT2D eigenvalue weighted by molar-refractivity contribution is -0.108. The first-order valence-electron chi connectivity index (χ1n) is 7.35. The second kappa shape index (κ2) is 6.65. The summed E-state index contributed by atoms with van der Waals surface area (Å²) in [4.78, 5) is 11.8. The van der Waals surface area contributed by atoms with Gasteiger partial charge in [-0.05, 0) is 47.7 Å². The molecule has 1 nitrogen and oxygen atoms in total. The van der Waals surface area contributed by atoms with Gasteiger partial charge in [0.05, 0.1) is 0 Å². The van der Waals surface area contributed by atoms with Crippen LogP contribution in [0.5, 0.6) is 0 Å². The first kappa shape index (κ1) is 14.6. The van der Waals surface area contributed by atoms with Crippen molar-refractivity contribution in [3.63, 3.8) is 0 Å². The third-order valence-electron chi connectivity index (χ3n) is 3.47. The number of carbonyl (C=O) groups excluding carboxylic acids is 1. The van der Waals surface area contributed by atoms with Gasteiger partial charge < -0.3 is 0 Å². The number of hydrogen-bond acceptors (Lipinski definition) is 1. The fraction of sp³-hybridized carbons (Fsp3) is 0.0455. The maximum atomic E-state index is 11.8. The van der Waals surface area contributed by atoms with Crippen molar-refractivity contribution in [2.45, 2.75) is 6.92 Å². The van der Waals surface area contributed by atoms with E-state index in [4.69, 9.17) is 0 Å². The Kier molecular flexibility index (Phi) is 4.23. The van der Waals surface area contributed by atoms with Gasteiger partial charge in [0, 0.05) is 11.1 Å². The van der Waals surface area contributed by atoms with Gasteiger partial charge >= 0.3 is 0 Å². The van der Waals surface area contributed by atoms with Crippen molar-refractivity contribution in [3.05, 3.63) is 83.4 Å². The molecular weight excluding hydrogens is 280 g/mol. The molecule has 0 aliphatic heterocycles. The zero-order valence-electron chi connectivity index (χ0n) is 12.8. The van der Waals surface area contributed by atoms with Crippen LogP contribution in [0.25, 0.3) is 10.8 Å². The monoisotopic (exact) mass is 294 g/mol. The highest BCUT2D eigenvalue weighted by Gasteiger charge is 1.97. The SMILES string of the molecule is Cc1ccc(C#CC(=O)C#Cc2cccc3ccccc23)cc1. The summed E-state index contributed by atoms with van der Waals surface area (Å²) in [5.41, 5.74) is 2.82. The summed E-state index contributed by atoms with van der Waals surface area (Å²) in [6, 6.07) is 21.6. The number of rotatable bonds is 0. The van der Waals surface area contributed by atoms with E-state index in [1.165, 1.54) is 0 Å². The molecular formula is C22H14O. The van der Waals surface area contributed by atoms with Crippen molar-refractivity contribution >= 4 is 16.6 Å². The van der Waals surface area contributed by atoms with Gasteiger partial charge in [-0.25, -0.2) is 0 Å². The average Bonchev–Trinajstić information content (AvgIpc) is 2.59. The molecule has 3 aromatic carbocycles. The first-order valence-corrected chi connectivity index (χ1v) is 7.35. The Hall–Kier alpha value is -3.29. The number of ketones is 1. The van der Waals surface area contributed by atoms with E-state index in [9.17, 15) is 4.79 Å². The van der Waals surface area contributed by atoms with Crippen LogP contribution in [0.1, 0.15) is 16.7 Å². The number of fused-ring (bicyclic) bond motifs is 1. The standard InChI is InChI=1S/C22H14O/c1-17-9-11-18(12-10-17)13-15-21(23)16-14-20-7-4-6-19-5-2-3-8-22(19)20/h2-12H,1H3. The van der Waals surface area contributed by atoms with Crippen LogP contribution in [-0.4, -0.2) is 5.78 Å². The van der Waals surface area contributed by atoms with E-state index in [0.29, 0.717) is 0 Å². The molecule has 0 atom stereocenters. The number of aryl methyl sites for hydroxylation is 1. The minimum Gasteiger partial charge on any atom is -0.270 e. The molecule has 108 valence electrons. The predicted molar refractivity (Wildman–Crippen MR) is 93.9 cm³/mol. The summed E-state index contributed by atoms with van der Waals surface area (Å²) in [6.45, 7) is 2.01. The maximum Gasteiger partial charge on any atom is 0.279 e. The summed E-state index contributed by atoms with van der Waals surface area (Å²) < 4.78 is 0. The van der Waals surface area contributed by atoms with Crippen molar-refractivity contribution < 1.29 is 4.79 Å². The van der Waals surface area contributed by atoms with Crippen LogP contribution in [0.4, 0.5) is 0 Å². The van der Waals surface area contributed by atoms with Crippen LogP contribution in [-0.2, 0) is 4.79 Å². The Morgan fingerprint density at radius 3 is 2.30 bits per heavy atom. The van der Waals surface area contributed by atoms with Crippen LogP contribution in [0.2, 0.25) is 0 Å². The molecule has 3 rings (SSSR count). The molecule has 0 heterocycles. The van der Waals surface area contributed by atoms with Crippen LogP contribution < -0.4 is 0 Å². The predicted octanol–water partition coefficient (Wildman–Crippen LogP) is 4.12. The fourth-order valence-electron chi connectivity index (χ4n) is 2.26. The number of hydrogen-bond donors (Lipinski definition) is 0. The van der Waals surface area contributed by atoms with Crippen LogP contribution in [0.3, 0.4) is 0 Å². The maximum absolute atomic E-state index is 11.8. The van der Waals surface area contributed by atoms with E-state index >= 15 is 0 Å². The summed E-state index contributed by atoms with van der Waals surface area (Å²) in [5.74, 6) is 10.6. The molecule has 0 radical (unpaired) electrons. The molecule has 0 aromatic heterocycles. The Bertz CT molecular complexity index is 982. The van der Waals surface area contributed by atoms with Crippen molar-refractivity contribution in [1.29, 1.82) is 0 Å². The Labute approximate surface area is 136 Å². The molecule has 0 aliphatic rings. The van der Waals surface area contributed by atoms with Gasteiger partial charge in [0.2, 0.25) is 0 Å². The van der Waals surface area contributed by atoms with Gasteiger partial charge in [-0.15, -0.1) is 0 Å². The van der Waals surface area contributed by atoms with E-state index in [1.807, 2.05) is 73.7 Å². The van der Waals surface area contributed by atoms with Gasteiger partial charge in [0.25, 0.3) is 5.78 Å². The van der Waals surface area contributed by atoms with E-state index in [0.717, 1.165) is 27.5 Å². The highest BCUT2D eigenvalue weighted by molar-refractivity contribution is 6.09. The molecule has 0 saturated carbocycles. The molecule has 0 N–H and O–H groups in total. The Morgan fingerprint density at radius 2 is 1.48 bits per heavy atom. The molecule has 0 fully saturated rings. The highest BCUT2D eigenvalue weighted by Crippen LogP contribution is 2.17. The smallest absolute Gasteiger partial charge is 0.270 e. The number of Topliss-reactive ketones (excluding diaryl/α,β-unsaturated/α-hetero) is 1. The molecule has 23 heavy (non-hydrogen) atoms. The lowest BCUT2D eigenvalue weighted by atomic mass is 10.0. The summed E-state index contributed by atoms with van der Waals surface area (Å²) in [7, 11) is 0. The summed E-state index contributed by atoms with van der Waals surface area (Å²) in [5, 5.41) is 2.15. The second-order valence-corrected chi connectivity index (χ2v) is 5.22. The topological polar surface area (TPSA) is 17.1 Å². The van der Waals surface area contributed by atoms with Crippen molar-refractivity contribution in [2.24, 2.45) is 0 Å². The van der Waals surface area contributed by atoms with Crippen molar-refractivity contribution in [1.82, 2.24) is 0 Å². The second-order valence-electron chi connectivity index (χ2n) is 5.22. The zero-order valence-corrected chi connectivity index (χ0v) is 12.8. The van der Waals surface area contributed by atoms with Gasteiger partial charge in [-0.2, -0.15) is 0 Å². The third kappa shape index (κ3) is 3.67. The summed E-state index contributed by atoms with van der Waals surface area (Å²) in [6.07, 6.45) is 0. The van der Waals surface area contributed by atoms with Crippen LogP contribution in [0, 0.1) is 30.6 Å². The van der Waals surface area contributed by atoms with E-state index in [-0.39, 0.29) is 5.78 Å². The van der Waals surface area contributed by atoms with E-state index < -0.39 is 0 Å². The quantitative estimate of drug-likeness (QED) is 0.570. The normalized spacial score (nSPS) is 9.43. The van der Waals surface area contributed by atoms with Gasteiger partial charge in [0.1, 0.15) is 0 Å². The van der Waals surface area contributed by atoms with Crippen LogP contribution in [0.15, 0.2) is 66.7 Å². The largest absolute Gasteiger partial charge is 0.279 e. The number of benzene rings is 3. The molecule has 0 saturated heterocycles. The molecule has 1 heteroatoms. The van der Waals surface area contributed by atoms with Crippen molar-refractivity contribution in [2.75, 3.05) is 0 Å². The number of carbonyl (C=O) groups is 1. The Morgan fingerprint density at radius 1 is 0.783 bits per heavy atom. The molecule has 0 aliphatic carbocycles. The summed E-state index contributed by atoms with van der Waals surface area (Å²) >= 11 is 0. The zero-order chi connectivity index (χ0) is 16.1. The molecule has 0 amide bonds. The van der Waals surface area contributed by atoms with E-state index in [2.05, 4.69) is 23.7 Å². The van der Waals surface area contributed by atoms with Crippen molar-refractivity contribution in [3.8, 4) is 23.7 Å². The van der Waals surface area contributed by atoms with Gasteiger partial charge in [-0.1, -0.05) is 65.9 Å². The highest BCUT2D eigenvalue weighted by atomic mass is 16.1. The van der Waals surface area contributed by atoms with E-state index in [1.54, 1.807) is 0 Å². The average molecular weight is 294 g/mol. The molecule has 0 spiro atoms. The minimum absolute atomic E-state index is 0.376. The fourth-order valence-corrected chi connectivity index (χ4v) is 2.26. The van der Waals surface area contributed by atoms with Gasteiger partial charge in [-0.3, -0.25) is 4.79 Å². The molecule has 0 bridgehead atoms.